The SMILES string of the molecule is COCC(C)NC(=O)NC(=O)Cn1cnc2cc(C)c(C)cc21. The summed E-state index contributed by atoms with van der Waals surface area (Å²) in [5.74, 6) is -0.398. The number of rotatable bonds is 5. The van der Waals surface area contributed by atoms with Crippen LogP contribution < -0.4 is 10.6 Å². The highest BCUT2D eigenvalue weighted by molar-refractivity contribution is 5.94. The van der Waals surface area contributed by atoms with E-state index in [1.54, 1.807) is 24.9 Å². The molecule has 23 heavy (non-hydrogen) atoms. The van der Waals surface area contributed by atoms with Crippen molar-refractivity contribution in [1.82, 2.24) is 20.2 Å². The second-order valence-corrected chi connectivity index (χ2v) is 5.68. The molecular formula is C16H22N4O3. The Morgan fingerprint density at radius 2 is 2.00 bits per heavy atom. The fraction of sp³-hybridized carbons (Fsp3) is 0.438. The molecule has 124 valence electrons. The topological polar surface area (TPSA) is 85.3 Å². The smallest absolute Gasteiger partial charge is 0.321 e. The highest BCUT2D eigenvalue weighted by Crippen LogP contribution is 2.18. The van der Waals surface area contributed by atoms with Crippen LogP contribution in [0.5, 0.6) is 0 Å². The summed E-state index contributed by atoms with van der Waals surface area (Å²) in [6.45, 7) is 6.24. The van der Waals surface area contributed by atoms with Gasteiger partial charge in [0.25, 0.3) is 0 Å². The molecule has 2 aromatic rings. The number of imide groups is 1. The average molecular weight is 318 g/mol. The van der Waals surface area contributed by atoms with Crippen LogP contribution in [-0.4, -0.2) is 41.2 Å². The third kappa shape index (κ3) is 4.29. The van der Waals surface area contributed by atoms with Crippen molar-refractivity contribution in [3.63, 3.8) is 0 Å². The predicted molar refractivity (Wildman–Crippen MR) is 87.2 cm³/mol. The molecule has 3 amide bonds. The van der Waals surface area contributed by atoms with E-state index >= 15 is 0 Å². The number of amides is 3. The number of aryl methyl sites for hydroxylation is 2. The van der Waals surface area contributed by atoms with E-state index in [2.05, 4.69) is 15.6 Å². The van der Waals surface area contributed by atoms with E-state index in [9.17, 15) is 9.59 Å². The number of carbonyl (C=O) groups excluding carboxylic acids is 2. The monoisotopic (exact) mass is 318 g/mol. The number of aromatic nitrogens is 2. The van der Waals surface area contributed by atoms with Gasteiger partial charge in [0.05, 0.1) is 30.0 Å². The van der Waals surface area contributed by atoms with Gasteiger partial charge in [-0.25, -0.2) is 9.78 Å². The van der Waals surface area contributed by atoms with Crippen molar-refractivity contribution < 1.29 is 14.3 Å². The summed E-state index contributed by atoms with van der Waals surface area (Å²) in [6, 6.07) is 3.27. The molecule has 1 unspecified atom stereocenters. The first-order valence-corrected chi connectivity index (χ1v) is 7.42. The first kappa shape index (κ1) is 17.0. The van der Waals surface area contributed by atoms with Gasteiger partial charge in [-0.05, 0) is 44.0 Å². The zero-order valence-electron chi connectivity index (χ0n) is 13.8. The minimum atomic E-state index is -0.531. The second-order valence-electron chi connectivity index (χ2n) is 5.68. The lowest BCUT2D eigenvalue weighted by Crippen LogP contribution is -2.45. The maximum atomic E-state index is 12.0. The number of urea groups is 1. The molecule has 0 radical (unpaired) electrons. The Labute approximate surface area is 135 Å². The number of hydrogen-bond donors (Lipinski definition) is 2. The summed E-state index contributed by atoms with van der Waals surface area (Å²) in [5.41, 5.74) is 3.99. The number of carbonyl (C=O) groups is 2. The Kier molecular flexibility index (Phi) is 5.33. The van der Waals surface area contributed by atoms with Crippen LogP contribution in [0.1, 0.15) is 18.1 Å². The second kappa shape index (κ2) is 7.23. The van der Waals surface area contributed by atoms with Crippen LogP contribution in [0.4, 0.5) is 4.79 Å². The van der Waals surface area contributed by atoms with Crippen LogP contribution in [0.25, 0.3) is 11.0 Å². The van der Waals surface area contributed by atoms with Crippen molar-refractivity contribution in [3.8, 4) is 0 Å². The summed E-state index contributed by atoms with van der Waals surface area (Å²) in [7, 11) is 1.55. The van der Waals surface area contributed by atoms with Crippen LogP contribution in [0, 0.1) is 13.8 Å². The van der Waals surface area contributed by atoms with Crippen LogP contribution >= 0.6 is 0 Å². The number of nitrogens with zero attached hydrogens (tertiary/aromatic N) is 2. The summed E-state index contributed by atoms with van der Waals surface area (Å²) in [4.78, 5) is 28.0. The zero-order valence-corrected chi connectivity index (χ0v) is 13.8. The van der Waals surface area contributed by atoms with Gasteiger partial charge in [0.1, 0.15) is 6.54 Å². The number of hydrogen-bond acceptors (Lipinski definition) is 4. The van der Waals surface area contributed by atoms with Crippen molar-refractivity contribution in [3.05, 3.63) is 29.6 Å². The van der Waals surface area contributed by atoms with Crippen molar-refractivity contribution in [2.75, 3.05) is 13.7 Å². The van der Waals surface area contributed by atoms with Gasteiger partial charge in [-0.1, -0.05) is 0 Å². The number of nitrogens with one attached hydrogen (secondary N) is 2. The zero-order chi connectivity index (χ0) is 17.0. The first-order valence-electron chi connectivity index (χ1n) is 7.42. The molecule has 7 heteroatoms. The number of ether oxygens (including phenoxy) is 1. The Balaban J connectivity index is 2.00. The average Bonchev–Trinajstić information content (AvgIpc) is 2.81. The summed E-state index contributed by atoms with van der Waals surface area (Å²) in [5, 5.41) is 4.93. The molecule has 7 nitrogen and oxygen atoms in total. The molecule has 0 saturated carbocycles. The Bertz CT molecular complexity index is 723. The fourth-order valence-electron chi connectivity index (χ4n) is 2.31. The molecule has 0 aliphatic rings. The molecule has 0 saturated heterocycles. The van der Waals surface area contributed by atoms with E-state index < -0.39 is 11.9 Å². The summed E-state index contributed by atoms with van der Waals surface area (Å²) < 4.78 is 6.65. The van der Waals surface area contributed by atoms with E-state index in [1.807, 2.05) is 26.0 Å². The molecule has 2 rings (SSSR count). The van der Waals surface area contributed by atoms with Gasteiger partial charge in [-0.15, -0.1) is 0 Å². The highest BCUT2D eigenvalue weighted by Gasteiger charge is 2.13. The number of imidazole rings is 1. The third-order valence-corrected chi connectivity index (χ3v) is 3.60. The van der Waals surface area contributed by atoms with Crippen molar-refractivity contribution in [2.45, 2.75) is 33.4 Å². The van der Waals surface area contributed by atoms with Crippen LogP contribution in [-0.2, 0) is 16.1 Å². The van der Waals surface area contributed by atoms with E-state index in [4.69, 9.17) is 4.74 Å². The lowest BCUT2D eigenvalue weighted by molar-refractivity contribution is -0.120. The fourth-order valence-corrected chi connectivity index (χ4v) is 2.31. The Morgan fingerprint density at radius 1 is 1.30 bits per heavy atom. The van der Waals surface area contributed by atoms with Crippen LogP contribution in [0.3, 0.4) is 0 Å². The van der Waals surface area contributed by atoms with Crippen molar-refractivity contribution >= 4 is 23.0 Å². The first-order chi connectivity index (χ1) is 10.9. The Hall–Kier alpha value is -2.41. The van der Waals surface area contributed by atoms with Gasteiger partial charge in [0.15, 0.2) is 0 Å². The minimum Gasteiger partial charge on any atom is -0.383 e. The molecule has 0 aliphatic heterocycles. The largest absolute Gasteiger partial charge is 0.383 e. The van der Waals surface area contributed by atoms with Crippen molar-refractivity contribution in [2.24, 2.45) is 0 Å². The van der Waals surface area contributed by atoms with Gasteiger partial charge in [0.2, 0.25) is 5.91 Å². The lowest BCUT2D eigenvalue weighted by Gasteiger charge is -2.13. The molecule has 1 atom stereocenters. The van der Waals surface area contributed by atoms with Crippen LogP contribution in [0.2, 0.25) is 0 Å². The summed E-state index contributed by atoms with van der Waals surface area (Å²) >= 11 is 0. The normalized spacial score (nSPS) is 12.2. The standard InChI is InChI=1S/C16H22N4O3/c1-10-5-13-14(6-11(10)2)20(9-17-13)7-15(21)19-16(22)18-12(3)8-23-4/h5-6,9,12H,7-8H2,1-4H3,(H2,18,19,21,22). The molecule has 1 aromatic heterocycles. The van der Waals surface area contributed by atoms with E-state index in [0.29, 0.717) is 6.61 Å². The van der Waals surface area contributed by atoms with Crippen LogP contribution in [0.15, 0.2) is 18.5 Å². The van der Waals surface area contributed by atoms with Gasteiger partial charge < -0.3 is 14.6 Å². The maximum absolute atomic E-state index is 12.0. The highest BCUT2D eigenvalue weighted by atomic mass is 16.5. The molecule has 2 N–H and O–H groups in total. The lowest BCUT2D eigenvalue weighted by atomic mass is 10.1. The van der Waals surface area contributed by atoms with E-state index in [-0.39, 0.29) is 12.6 Å². The number of benzene rings is 1. The molecule has 0 spiro atoms. The molecule has 0 fully saturated rings. The van der Waals surface area contributed by atoms with Gasteiger partial charge in [0, 0.05) is 7.11 Å². The molecule has 0 aliphatic carbocycles. The van der Waals surface area contributed by atoms with Gasteiger partial charge in [-0.3, -0.25) is 10.1 Å². The maximum Gasteiger partial charge on any atom is 0.321 e. The van der Waals surface area contributed by atoms with E-state index in [0.717, 1.165) is 22.2 Å². The molecular weight excluding hydrogens is 296 g/mol. The van der Waals surface area contributed by atoms with Crippen molar-refractivity contribution in [1.29, 1.82) is 0 Å². The van der Waals surface area contributed by atoms with E-state index in [1.165, 1.54) is 0 Å². The number of fused-ring (bicyclic) bond motifs is 1. The number of methoxy groups -OCH3 is 1. The Morgan fingerprint density at radius 3 is 2.70 bits per heavy atom. The third-order valence-electron chi connectivity index (χ3n) is 3.60. The molecule has 1 aromatic carbocycles. The molecule has 0 bridgehead atoms. The summed E-state index contributed by atoms with van der Waals surface area (Å²) in [6.07, 6.45) is 1.61. The predicted octanol–water partition coefficient (Wildman–Crippen LogP) is 1.51. The van der Waals surface area contributed by atoms with Gasteiger partial charge in [-0.2, -0.15) is 0 Å². The van der Waals surface area contributed by atoms with Gasteiger partial charge >= 0.3 is 6.03 Å². The molecule has 1 heterocycles. The quantitative estimate of drug-likeness (QED) is 0.875. The minimum absolute atomic E-state index is 0.0328.